The Bertz CT molecular complexity index is 149. The van der Waals surface area contributed by atoms with Crippen LogP contribution in [0, 0.1) is 0 Å². The molecule has 2 bridgehead atoms. The molecule has 0 amide bonds. The number of aliphatic hydroxyl groups is 1. The van der Waals surface area contributed by atoms with Gasteiger partial charge in [-0.05, 0) is 0 Å². The van der Waals surface area contributed by atoms with Gasteiger partial charge in [0.05, 0.1) is 12.7 Å². The van der Waals surface area contributed by atoms with Gasteiger partial charge >= 0.3 is 0 Å². The highest BCUT2D eigenvalue weighted by atomic mass is 16.7. The topological polar surface area (TPSA) is 47.9 Å². The molecule has 2 fully saturated rings. The second-order valence-electron chi connectivity index (χ2n) is 2.95. The summed E-state index contributed by atoms with van der Waals surface area (Å²) >= 11 is 0. The maximum Gasteiger partial charge on any atom is 0.184 e. The summed E-state index contributed by atoms with van der Waals surface area (Å²) in [5.74, 6) is 0. The maximum atomic E-state index is 9.37. The van der Waals surface area contributed by atoms with E-state index in [9.17, 15) is 5.11 Å². The van der Waals surface area contributed by atoms with E-state index in [1.165, 1.54) is 0 Å². The monoisotopic (exact) mass is 160 g/mol. The molecule has 0 aromatic rings. The molecule has 2 aliphatic rings. The van der Waals surface area contributed by atoms with E-state index in [0.717, 1.165) is 0 Å². The van der Waals surface area contributed by atoms with Crippen LogP contribution < -0.4 is 0 Å². The van der Waals surface area contributed by atoms with Crippen molar-refractivity contribution in [2.24, 2.45) is 0 Å². The fourth-order valence-electron chi connectivity index (χ4n) is 1.59. The zero-order valence-electron chi connectivity index (χ0n) is 6.40. The molecule has 64 valence electrons. The van der Waals surface area contributed by atoms with Crippen LogP contribution in [0.5, 0.6) is 0 Å². The van der Waals surface area contributed by atoms with Crippen molar-refractivity contribution < 1.29 is 19.3 Å². The first-order valence-corrected chi connectivity index (χ1v) is 3.79. The summed E-state index contributed by atoms with van der Waals surface area (Å²) in [4.78, 5) is 0. The Morgan fingerprint density at radius 3 is 3.09 bits per heavy atom. The van der Waals surface area contributed by atoms with Crippen molar-refractivity contribution in [1.29, 1.82) is 0 Å². The second-order valence-corrected chi connectivity index (χ2v) is 2.95. The molecule has 0 saturated carbocycles. The van der Waals surface area contributed by atoms with Crippen molar-refractivity contribution in [3.63, 3.8) is 0 Å². The van der Waals surface area contributed by atoms with Crippen LogP contribution in [0.2, 0.25) is 0 Å². The first-order chi connectivity index (χ1) is 5.31. The van der Waals surface area contributed by atoms with Crippen molar-refractivity contribution in [3.8, 4) is 0 Å². The normalized spacial score (nSPS) is 49.6. The lowest BCUT2D eigenvalue weighted by Gasteiger charge is -2.29. The van der Waals surface area contributed by atoms with Crippen LogP contribution in [-0.2, 0) is 14.2 Å². The van der Waals surface area contributed by atoms with Gasteiger partial charge in [-0.1, -0.05) is 0 Å². The number of hydrogen-bond acceptors (Lipinski definition) is 4. The second kappa shape index (κ2) is 2.71. The number of aliphatic hydroxyl groups excluding tert-OH is 1. The van der Waals surface area contributed by atoms with E-state index in [1.807, 2.05) is 0 Å². The molecular weight excluding hydrogens is 148 g/mol. The number of hydrogen-bond donors (Lipinski definition) is 1. The summed E-state index contributed by atoms with van der Waals surface area (Å²) in [6, 6.07) is 0. The molecule has 0 radical (unpaired) electrons. The van der Waals surface area contributed by atoms with Crippen LogP contribution in [-0.4, -0.2) is 43.4 Å². The minimum atomic E-state index is -0.529. The maximum absolute atomic E-state index is 9.37. The van der Waals surface area contributed by atoms with Crippen molar-refractivity contribution in [2.45, 2.75) is 31.0 Å². The van der Waals surface area contributed by atoms with E-state index in [4.69, 9.17) is 14.2 Å². The average molecular weight is 160 g/mol. The Morgan fingerprint density at radius 2 is 2.36 bits per heavy atom. The van der Waals surface area contributed by atoms with Gasteiger partial charge in [0, 0.05) is 13.5 Å². The van der Waals surface area contributed by atoms with Crippen molar-refractivity contribution in [2.75, 3.05) is 13.7 Å². The highest BCUT2D eigenvalue weighted by Crippen LogP contribution is 2.28. The largest absolute Gasteiger partial charge is 0.388 e. The molecule has 4 heteroatoms. The van der Waals surface area contributed by atoms with Gasteiger partial charge in [-0.2, -0.15) is 0 Å². The minimum Gasteiger partial charge on any atom is -0.388 e. The quantitative estimate of drug-likeness (QED) is 0.562. The number of rotatable bonds is 1. The lowest BCUT2D eigenvalue weighted by molar-refractivity contribution is -0.186. The summed E-state index contributed by atoms with van der Waals surface area (Å²) in [6.07, 6.45) is -0.312. The Balaban J connectivity index is 2.05. The van der Waals surface area contributed by atoms with E-state index >= 15 is 0 Å². The van der Waals surface area contributed by atoms with Crippen molar-refractivity contribution >= 4 is 0 Å². The van der Waals surface area contributed by atoms with Gasteiger partial charge < -0.3 is 19.3 Å². The van der Waals surface area contributed by atoms with E-state index in [-0.39, 0.29) is 12.2 Å². The Labute approximate surface area is 65.1 Å². The van der Waals surface area contributed by atoms with E-state index < -0.39 is 12.4 Å². The number of fused-ring (bicyclic) bond motifs is 2. The third-order valence-electron chi connectivity index (χ3n) is 2.24. The van der Waals surface area contributed by atoms with Gasteiger partial charge in [0.2, 0.25) is 0 Å². The molecule has 0 aliphatic carbocycles. The molecule has 0 unspecified atom stereocenters. The molecule has 0 spiro atoms. The Kier molecular flexibility index (Phi) is 1.85. The zero-order valence-corrected chi connectivity index (χ0v) is 6.40. The van der Waals surface area contributed by atoms with E-state index in [1.54, 1.807) is 7.11 Å². The van der Waals surface area contributed by atoms with Crippen LogP contribution >= 0.6 is 0 Å². The van der Waals surface area contributed by atoms with Gasteiger partial charge in [-0.15, -0.1) is 0 Å². The summed E-state index contributed by atoms with van der Waals surface area (Å²) in [7, 11) is 1.62. The Hall–Kier alpha value is -0.160. The van der Waals surface area contributed by atoms with Gasteiger partial charge in [0.25, 0.3) is 0 Å². The Morgan fingerprint density at radius 1 is 1.55 bits per heavy atom. The highest BCUT2D eigenvalue weighted by molar-refractivity contribution is 4.86. The first kappa shape index (κ1) is 7.49. The molecule has 0 aromatic heterocycles. The van der Waals surface area contributed by atoms with Crippen LogP contribution in [0.3, 0.4) is 0 Å². The SMILES string of the molecule is CO[C@@H]1C[C@@H](O)[C@@H]2OC[C@H]1O2. The summed E-state index contributed by atoms with van der Waals surface area (Å²) in [5, 5.41) is 9.37. The van der Waals surface area contributed by atoms with Gasteiger partial charge in [0.15, 0.2) is 6.29 Å². The minimum absolute atomic E-state index is 0.0104. The zero-order chi connectivity index (χ0) is 7.84. The predicted octanol–water partition coefficient (Wildman–Crippen LogP) is -0.493. The third kappa shape index (κ3) is 1.16. The highest BCUT2D eigenvalue weighted by Gasteiger charge is 2.43. The third-order valence-corrected chi connectivity index (χ3v) is 2.24. The van der Waals surface area contributed by atoms with Crippen LogP contribution in [0.25, 0.3) is 0 Å². The lowest BCUT2D eigenvalue weighted by Crippen LogP contribution is -2.42. The molecule has 2 saturated heterocycles. The molecule has 2 heterocycles. The van der Waals surface area contributed by atoms with Crippen LogP contribution in [0.1, 0.15) is 6.42 Å². The lowest BCUT2D eigenvalue weighted by atomic mass is 10.1. The molecule has 2 rings (SSSR count). The number of methoxy groups -OCH3 is 1. The van der Waals surface area contributed by atoms with Crippen LogP contribution in [0.4, 0.5) is 0 Å². The first-order valence-electron chi connectivity index (χ1n) is 3.79. The van der Waals surface area contributed by atoms with Crippen molar-refractivity contribution in [3.05, 3.63) is 0 Å². The van der Waals surface area contributed by atoms with Crippen LogP contribution in [0.15, 0.2) is 0 Å². The molecule has 0 aromatic carbocycles. The molecule has 4 atom stereocenters. The van der Waals surface area contributed by atoms with Gasteiger partial charge in [-0.3, -0.25) is 0 Å². The average Bonchev–Trinajstić information content (AvgIpc) is 2.43. The predicted molar refractivity (Wildman–Crippen MR) is 36.0 cm³/mol. The molecule has 2 aliphatic heterocycles. The van der Waals surface area contributed by atoms with Gasteiger partial charge in [-0.25, -0.2) is 0 Å². The fraction of sp³-hybridized carbons (Fsp3) is 1.00. The standard InChI is InChI=1S/C7H12O4/c1-9-5-2-4(8)7-10-3-6(5)11-7/h4-8H,2-3H2,1H3/t4-,5-,6-,7-/m1/s1. The molecule has 4 nitrogen and oxygen atoms in total. The fourth-order valence-corrected chi connectivity index (χ4v) is 1.59. The molecule has 1 N–H and O–H groups in total. The summed E-state index contributed by atoms with van der Waals surface area (Å²) in [6.45, 7) is 0.542. The van der Waals surface area contributed by atoms with E-state index in [0.29, 0.717) is 13.0 Å². The smallest absolute Gasteiger partial charge is 0.184 e. The van der Waals surface area contributed by atoms with E-state index in [2.05, 4.69) is 0 Å². The summed E-state index contributed by atoms with van der Waals surface area (Å²) in [5.41, 5.74) is 0. The molecule has 11 heavy (non-hydrogen) atoms. The number of ether oxygens (including phenoxy) is 3. The van der Waals surface area contributed by atoms with Gasteiger partial charge in [0.1, 0.15) is 12.2 Å². The van der Waals surface area contributed by atoms with Crippen molar-refractivity contribution in [1.82, 2.24) is 0 Å². The summed E-state index contributed by atoms with van der Waals surface area (Å²) < 4.78 is 15.6. The molecular formula is C7H12O4.